The Labute approximate surface area is 475 Å². The van der Waals surface area contributed by atoms with Crippen LogP contribution in [0.1, 0.15) is 383 Å². The van der Waals surface area contributed by atoms with Crippen molar-refractivity contribution in [2.75, 3.05) is 0 Å². The lowest BCUT2D eigenvalue weighted by Crippen LogP contribution is -2.02. The standard InChI is InChI=1S/C74H128N2/c1-4-7-10-12-14-16-18-20-22-24-26-28-30-32-34-36-38-40-42-44-46-48-50-52-54-56-68-59-63-70(64-60-68)73-67-72(58-9-6-3)74(76(73)75)71-65-61-69(62-66-71)57-55-53-51-49-47-45-43-41-39-37-35-33-31-29-27-25-23-21-19-17-15-13-11-8-5-2/h59-67H,4-58H2,1-3H3. The predicted octanol–water partition coefficient (Wildman–Crippen LogP) is 26.3. The molecule has 0 fully saturated rings. The third-order valence-electron chi connectivity index (χ3n) is 17.5. The lowest BCUT2D eigenvalue weighted by Gasteiger charge is -2.11. The Balaban J connectivity index is 1.14. The van der Waals surface area contributed by atoms with Crippen molar-refractivity contribution in [3.8, 4) is 0 Å². The summed E-state index contributed by atoms with van der Waals surface area (Å²) in [6, 6.07) is 18.2. The number of allylic oxidation sites excluding steroid dienone is 2. The molecule has 0 bridgehead atoms. The van der Waals surface area contributed by atoms with Gasteiger partial charge in [-0.1, -0.05) is 360 Å². The SMILES string of the molecule is CCCCCCCCCCCCCCCCCCCCCCCCCCCc1ccc(C2=CC(CCCC)=C(c3ccc(CCCCCCCCCCCCCCCCCCCCCCCCCCC)cc3)[N+]2=[N-])cc1. The Bertz CT molecular complexity index is 1640. The van der Waals surface area contributed by atoms with Gasteiger partial charge in [-0.15, -0.1) is 0 Å². The van der Waals surface area contributed by atoms with Gasteiger partial charge in [-0.05, 0) is 73.9 Å². The molecule has 2 heteroatoms. The fraction of sp³-hybridized carbons (Fsp3) is 0.784. The van der Waals surface area contributed by atoms with Crippen molar-refractivity contribution in [2.45, 2.75) is 374 Å². The van der Waals surface area contributed by atoms with E-state index < -0.39 is 0 Å². The molecule has 0 saturated heterocycles. The highest BCUT2D eigenvalue weighted by molar-refractivity contribution is 5.78. The van der Waals surface area contributed by atoms with E-state index in [-0.39, 0.29) is 0 Å². The molecule has 3 rings (SSSR count). The van der Waals surface area contributed by atoms with Gasteiger partial charge in [0.1, 0.15) is 0 Å². The van der Waals surface area contributed by atoms with Gasteiger partial charge in [0.25, 0.3) is 0 Å². The van der Waals surface area contributed by atoms with Crippen LogP contribution in [0.4, 0.5) is 0 Å². The molecule has 1 heterocycles. The Morgan fingerprint density at radius 1 is 0.250 bits per heavy atom. The van der Waals surface area contributed by atoms with E-state index in [2.05, 4.69) is 75.4 Å². The highest BCUT2D eigenvalue weighted by Gasteiger charge is 2.28. The summed E-state index contributed by atoms with van der Waals surface area (Å²) in [4.78, 5) is 0. The first-order valence-electron chi connectivity index (χ1n) is 34.8. The van der Waals surface area contributed by atoms with Crippen LogP contribution in [0.5, 0.6) is 0 Å². The molecule has 0 saturated carbocycles. The van der Waals surface area contributed by atoms with Crippen molar-refractivity contribution in [1.29, 1.82) is 0 Å². The molecule has 2 nitrogen and oxygen atoms in total. The Kier molecular flexibility index (Phi) is 45.2. The van der Waals surface area contributed by atoms with Crippen LogP contribution < -0.4 is 0 Å². The number of unbranched alkanes of at least 4 members (excludes halogenated alkanes) is 49. The summed E-state index contributed by atoms with van der Waals surface area (Å²) in [5, 5.41) is 0. The van der Waals surface area contributed by atoms with E-state index in [0.29, 0.717) is 0 Å². The fourth-order valence-corrected chi connectivity index (χ4v) is 12.2. The van der Waals surface area contributed by atoms with Crippen molar-refractivity contribution < 1.29 is 4.70 Å². The van der Waals surface area contributed by atoms with Crippen LogP contribution in [0.3, 0.4) is 0 Å². The first kappa shape index (κ1) is 67.8. The number of rotatable bonds is 57. The van der Waals surface area contributed by atoms with Gasteiger partial charge < -0.3 is 5.53 Å². The van der Waals surface area contributed by atoms with Crippen LogP contribution in [0, 0.1) is 0 Å². The molecule has 0 spiro atoms. The van der Waals surface area contributed by atoms with Crippen LogP contribution in [-0.2, 0) is 12.8 Å². The van der Waals surface area contributed by atoms with Crippen LogP contribution in [0.15, 0.2) is 60.2 Å². The Hall–Kier alpha value is -2.48. The van der Waals surface area contributed by atoms with Gasteiger partial charge in [-0.2, -0.15) is 0 Å². The summed E-state index contributed by atoms with van der Waals surface area (Å²) in [7, 11) is 0. The fourth-order valence-electron chi connectivity index (χ4n) is 12.2. The molecule has 0 amide bonds. The van der Waals surface area contributed by atoms with Crippen molar-refractivity contribution in [2.24, 2.45) is 0 Å². The van der Waals surface area contributed by atoms with Gasteiger partial charge in [-0.25, -0.2) is 4.70 Å². The normalized spacial score (nSPS) is 12.7. The van der Waals surface area contributed by atoms with E-state index >= 15 is 0 Å². The van der Waals surface area contributed by atoms with Crippen LogP contribution >= 0.6 is 0 Å². The average molecular weight is 1050 g/mol. The zero-order valence-corrected chi connectivity index (χ0v) is 51.5. The maximum Gasteiger partial charge on any atom is 0.210 e. The van der Waals surface area contributed by atoms with E-state index in [4.69, 9.17) is 0 Å². The second-order valence-corrected chi connectivity index (χ2v) is 24.7. The summed E-state index contributed by atoms with van der Waals surface area (Å²) in [5.41, 5.74) is 19.9. The summed E-state index contributed by atoms with van der Waals surface area (Å²) >= 11 is 0. The highest BCUT2D eigenvalue weighted by Crippen LogP contribution is 2.38. The van der Waals surface area contributed by atoms with Gasteiger partial charge in [0.15, 0.2) is 0 Å². The summed E-state index contributed by atoms with van der Waals surface area (Å²) < 4.78 is 1.48. The van der Waals surface area contributed by atoms with Crippen molar-refractivity contribution in [3.63, 3.8) is 0 Å². The quantitative estimate of drug-likeness (QED) is 0.0466. The van der Waals surface area contributed by atoms with E-state index in [9.17, 15) is 5.53 Å². The smallest absolute Gasteiger partial charge is 0.210 e. The summed E-state index contributed by atoms with van der Waals surface area (Å²) in [6.45, 7) is 6.88. The molecule has 0 radical (unpaired) electrons. The molecular formula is C74H128N2. The van der Waals surface area contributed by atoms with Crippen molar-refractivity contribution in [3.05, 3.63) is 88.0 Å². The molecule has 434 valence electrons. The molecule has 0 atom stereocenters. The highest BCUT2D eigenvalue weighted by atomic mass is 15.2. The molecule has 0 unspecified atom stereocenters. The van der Waals surface area contributed by atoms with E-state index in [0.717, 1.165) is 54.6 Å². The molecule has 1 aliphatic heterocycles. The molecular weight excluding hydrogens is 917 g/mol. The van der Waals surface area contributed by atoms with Gasteiger partial charge in [0.05, 0.1) is 0 Å². The van der Waals surface area contributed by atoms with E-state index in [1.165, 1.54) is 342 Å². The minimum atomic E-state index is 0.914. The van der Waals surface area contributed by atoms with Gasteiger partial charge >= 0.3 is 0 Å². The van der Waals surface area contributed by atoms with Gasteiger partial charge in [-0.3, -0.25) is 0 Å². The number of aryl methyl sites for hydroxylation is 2. The Morgan fingerprint density at radius 3 is 0.724 bits per heavy atom. The first-order valence-corrected chi connectivity index (χ1v) is 34.8. The van der Waals surface area contributed by atoms with E-state index in [1.54, 1.807) is 0 Å². The van der Waals surface area contributed by atoms with Crippen LogP contribution in [0.25, 0.3) is 16.9 Å². The zero-order chi connectivity index (χ0) is 53.9. The number of nitrogens with zero attached hydrogens (tertiary/aromatic N) is 2. The zero-order valence-electron chi connectivity index (χ0n) is 51.5. The number of hydrogen-bond donors (Lipinski definition) is 0. The topological polar surface area (TPSA) is 25.3 Å². The van der Waals surface area contributed by atoms with Crippen molar-refractivity contribution >= 4 is 11.4 Å². The average Bonchev–Trinajstić information content (AvgIpc) is 3.77. The minimum absolute atomic E-state index is 0.914. The van der Waals surface area contributed by atoms with Crippen LogP contribution in [0.2, 0.25) is 0 Å². The minimum Gasteiger partial charge on any atom is -0.493 e. The molecule has 0 N–H and O–H groups in total. The van der Waals surface area contributed by atoms with Gasteiger partial charge in [0.2, 0.25) is 11.4 Å². The van der Waals surface area contributed by atoms with Crippen molar-refractivity contribution in [1.82, 2.24) is 0 Å². The van der Waals surface area contributed by atoms with Crippen LogP contribution in [-0.4, -0.2) is 4.70 Å². The van der Waals surface area contributed by atoms with E-state index in [1.807, 2.05) is 0 Å². The number of hydrogen-bond acceptors (Lipinski definition) is 0. The second kappa shape index (κ2) is 50.7. The third kappa shape index (κ3) is 35.9. The third-order valence-corrected chi connectivity index (χ3v) is 17.5. The maximum absolute atomic E-state index is 11.7. The molecule has 2 aromatic rings. The molecule has 0 aromatic heterocycles. The van der Waals surface area contributed by atoms with Gasteiger partial charge in [0, 0.05) is 22.8 Å². The molecule has 0 aliphatic carbocycles. The predicted molar refractivity (Wildman–Crippen MR) is 341 cm³/mol. The lowest BCUT2D eigenvalue weighted by atomic mass is 9.99. The maximum atomic E-state index is 11.7. The lowest BCUT2D eigenvalue weighted by molar-refractivity contribution is -0.344. The Morgan fingerprint density at radius 2 is 0.474 bits per heavy atom. The molecule has 1 aliphatic rings. The second-order valence-electron chi connectivity index (χ2n) is 24.7. The number of benzene rings is 2. The molecule has 76 heavy (non-hydrogen) atoms. The largest absolute Gasteiger partial charge is 0.493 e. The monoisotopic (exact) mass is 1050 g/mol. The molecule has 2 aromatic carbocycles. The first-order chi connectivity index (χ1) is 37.7. The summed E-state index contributed by atoms with van der Waals surface area (Å²) in [5.74, 6) is 0. The summed E-state index contributed by atoms with van der Waals surface area (Å²) in [6.07, 6.45) is 79.7.